The van der Waals surface area contributed by atoms with Gasteiger partial charge in [0, 0.05) is 13.5 Å². The number of amides is 1. The highest BCUT2D eigenvalue weighted by atomic mass is 19.1. The van der Waals surface area contributed by atoms with E-state index in [-0.39, 0.29) is 24.7 Å². The fourth-order valence-corrected chi connectivity index (χ4v) is 1.52. The van der Waals surface area contributed by atoms with Crippen LogP contribution in [0.25, 0.3) is 0 Å². The van der Waals surface area contributed by atoms with Crippen molar-refractivity contribution in [1.82, 2.24) is 5.32 Å². The number of benzene rings is 1. The third-order valence-electron chi connectivity index (χ3n) is 2.68. The quantitative estimate of drug-likeness (QED) is 0.669. The van der Waals surface area contributed by atoms with Gasteiger partial charge in [0.25, 0.3) is 0 Å². The Morgan fingerprint density at radius 3 is 2.57 bits per heavy atom. The zero-order valence-electron chi connectivity index (χ0n) is 11.7. The lowest BCUT2D eigenvalue weighted by atomic mass is 10.3. The van der Waals surface area contributed by atoms with E-state index in [1.54, 1.807) is 0 Å². The van der Waals surface area contributed by atoms with E-state index in [1.807, 2.05) is 0 Å². The summed E-state index contributed by atoms with van der Waals surface area (Å²) in [4.78, 5) is 22.1. The maximum absolute atomic E-state index is 12.7. The molecule has 0 saturated carbocycles. The molecule has 1 aromatic carbocycles. The molecule has 6 nitrogen and oxygen atoms in total. The molecule has 1 atom stereocenters. The summed E-state index contributed by atoms with van der Waals surface area (Å²) < 4.78 is 22.7. The Labute approximate surface area is 121 Å². The van der Waals surface area contributed by atoms with Gasteiger partial charge in [-0.1, -0.05) is 0 Å². The third kappa shape index (κ3) is 6.71. The van der Waals surface area contributed by atoms with E-state index in [4.69, 9.17) is 9.84 Å². The lowest BCUT2D eigenvalue weighted by molar-refractivity contribution is -0.148. The largest absolute Gasteiger partial charge is 0.494 e. The second-order valence-corrected chi connectivity index (χ2v) is 4.27. The lowest BCUT2D eigenvalue weighted by Crippen LogP contribution is -2.37. The Morgan fingerprint density at radius 1 is 1.33 bits per heavy atom. The number of rotatable bonds is 9. The summed E-state index contributed by atoms with van der Waals surface area (Å²) in [6, 6.07) is 5.59. The van der Waals surface area contributed by atoms with Gasteiger partial charge >= 0.3 is 5.97 Å². The first-order valence-electron chi connectivity index (χ1n) is 6.43. The van der Waals surface area contributed by atoms with E-state index >= 15 is 0 Å². The van der Waals surface area contributed by atoms with Crippen molar-refractivity contribution >= 4 is 11.9 Å². The van der Waals surface area contributed by atoms with E-state index in [0.29, 0.717) is 18.8 Å². The Kier molecular flexibility index (Phi) is 7.17. The van der Waals surface area contributed by atoms with Crippen molar-refractivity contribution < 1.29 is 28.6 Å². The molecule has 2 N–H and O–H groups in total. The van der Waals surface area contributed by atoms with Crippen LogP contribution in [0.15, 0.2) is 24.3 Å². The molecule has 0 aliphatic heterocycles. The predicted molar refractivity (Wildman–Crippen MR) is 72.6 cm³/mol. The van der Waals surface area contributed by atoms with E-state index in [9.17, 15) is 14.0 Å². The molecule has 1 unspecified atom stereocenters. The molecule has 0 aliphatic rings. The Bertz CT molecular complexity index is 463. The number of carboxylic acids is 1. The predicted octanol–water partition coefficient (Wildman–Crippen LogP) is 1.20. The number of carbonyl (C=O) groups excluding carboxylic acids is 1. The van der Waals surface area contributed by atoms with Crippen LogP contribution in [0.3, 0.4) is 0 Å². The van der Waals surface area contributed by atoms with Gasteiger partial charge in [0.05, 0.1) is 13.2 Å². The molecule has 7 heteroatoms. The zero-order valence-corrected chi connectivity index (χ0v) is 11.7. The fraction of sp³-hybridized carbons (Fsp3) is 0.429. The van der Waals surface area contributed by atoms with Crippen molar-refractivity contribution in [3.05, 3.63) is 30.1 Å². The summed E-state index contributed by atoms with van der Waals surface area (Å²) in [5.74, 6) is -1.21. The van der Waals surface area contributed by atoms with Crippen LogP contribution in [0.2, 0.25) is 0 Å². The van der Waals surface area contributed by atoms with E-state index in [1.165, 1.54) is 31.4 Å². The van der Waals surface area contributed by atoms with Gasteiger partial charge in [-0.15, -0.1) is 0 Å². The Hall–Kier alpha value is -2.15. The maximum Gasteiger partial charge on any atom is 0.334 e. The summed E-state index contributed by atoms with van der Waals surface area (Å²) in [6.45, 7) is 0.231. The summed E-state index contributed by atoms with van der Waals surface area (Å²) in [7, 11) is 1.27. The van der Waals surface area contributed by atoms with Crippen molar-refractivity contribution in [2.24, 2.45) is 0 Å². The average molecular weight is 299 g/mol. The summed E-state index contributed by atoms with van der Waals surface area (Å²) in [6.07, 6.45) is -0.380. The highest BCUT2D eigenvalue weighted by Gasteiger charge is 2.16. The number of halogens is 1. The smallest absolute Gasteiger partial charge is 0.334 e. The minimum absolute atomic E-state index is 0.0799. The zero-order chi connectivity index (χ0) is 15.7. The first-order valence-corrected chi connectivity index (χ1v) is 6.43. The lowest BCUT2D eigenvalue weighted by Gasteiger charge is -2.11. The molecule has 0 aromatic heterocycles. The maximum atomic E-state index is 12.7. The van der Waals surface area contributed by atoms with Gasteiger partial charge < -0.3 is 19.9 Å². The second kappa shape index (κ2) is 8.91. The molecule has 116 valence electrons. The second-order valence-electron chi connectivity index (χ2n) is 4.27. The number of carboxylic acid groups (broad SMARTS) is 1. The van der Waals surface area contributed by atoms with Crippen LogP contribution in [0.4, 0.5) is 4.39 Å². The number of carbonyl (C=O) groups is 2. The third-order valence-corrected chi connectivity index (χ3v) is 2.68. The van der Waals surface area contributed by atoms with Gasteiger partial charge in [-0.3, -0.25) is 4.79 Å². The highest BCUT2D eigenvalue weighted by Crippen LogP contribution is 2.11. The SMILES string of the molecule is COC(CNC(=O)CCCOc1ccc(F)cc1)C(=O)O. The molecule has 0 heterocycles. The fourth-order valence-electron chi connectivity index (χ4n) is 1.52. The van der Waals surface area contributed by atoms with E-state index in [2.05, 4.69) is 10.1 Å². The van der Waals surface area contributed by atoms with Crippen LogP contribution < -0.4 is 10.1 Å². The number of aliphatic carboxylic acids is 1. The molecule has 21 heavy (non-hydrogen) atoms. The molecule has 0 fully saturated rings. The number of methoxy groups -OCH3 is 1. The molecule has 0 aliphatic carbocycles. The topological polar surface area (TPSA) is 84.9 Å². The average Bonchev–Trinajstić information content (AvgIpc) is 2.45. The van der Waals surface area contributed by atoms with Gasteiger partial charge in [0.1, 0.15) is 11.6 Å². The molecule has 0 saturated heterocycles. The molecule has 1 amide bonds. The van der Waals surface area contributed by atoms with E-state index < -0.39 is 12.1 Å². The van der Waals surface area contributed by atoms with E-state index in [0.717, 1.165) is 0 Å². The van der Waals surface area contributed by atoms with Crippen LogP contribution in [0, 0.1) is 5.82 Å². The molecule has 0 spiro atoms. The van der Waals surface area contributed by atoms with Gasteiger partial charge in [-0.05, 0) is 30.7 Å². The Balaban J connectivity index is 2.16. The molecule has 1 aromatic rings. The first-order chi connectivity index (χ1) is 10.0. The van der Waals surface area contributed by atoms with Crippen LogP contribution in [0.1, 0.15) is 12.8 Å². The van der Waals surface area contributed by atoms with Crippen molar-refractivity contribution in [2.45, 2.75) is 18.9 Å². The molecule has 0 bridgehead atoms. The van der Waals surface area contributed by atoms with Gasteiger partial charge in [-0.2, -0.15) is 0 Å². The van der Waals surface area contributed by atoms with Gasteiger partial charge in [0.2, 0.25) is 5.91 Å². The van der Waals surface area contributed by atoms with Crippen molar-refractivity contribution in [3.63, 3.8) is 0 Å². The molecular weight excluding hydrogens is 281 g/mol. The minimum atomic E-state index is -1.13. The number of hydrogen-bond acceptors (Lipinski definition) is 4. The van der Waals surface area contributed by atoms with Crippen LogP contribution in [-0.4, -0.2) is 43.3 Å². The Morgan fingerprint density at radius 2 is 2.00 bits per heavy atom. The molecular formula is C14H18FNO5. The summed E-state index contributed by atoms with van der Waals surface area (Å²) in [5, 5.41) is 11.2. The molecule has 1 rings (SSSR count). The first kappa shape index (κ1) is 16.9. The minimum Gasteiger partial charge on any atom is -0.494 e. The van der Waals surface area contributed by atoms with Crippen LogP contribution >= 0.6 is 0 Å². The van der Waals surface area contributed by atoms with Crippen molar-refractivity contribution in [2.75, 3.05) is 20.3 Å². The number of nitrogens with one attached hydrogen (secondary N) is 1. The van der Waals surface area contributed by atoms with Crippen molar-refractivity contribution in [3.8, 4) is 5.75 Å². The summed E-state index contributed by atoms with van der Waals surface area (Å²) >= 11 is 0. The molecule has 0 radical (unpaired) electrons. The van der Waals surface area contributed by atoms with Crippen molar-refractivity contribution in [1.29, 1.82) is 0 Å². The summed E-state index contributed by atoms with van der Waals surface area (Å²) in [5.41, 5.74) is 0. The standard InChI is InChI=1S/C14H18FNO5/c1-20-12(14(18)19)9-16-13(17)3-2-8-21-11-6-4-10(15)5-7-11/h4-7,12H,2-3,8-9H2,1H3,(H,16,17)(H,18,19). The number of hydrogen-bond donors (Lipinski definition) is 2. The number of ether oxygens (including phenoxy) is 2. The van der Waals surface area contributed by atoms with Gasteiger partial charge in [0.15, 0.2) is 6.10 Å². The van der Waals surface area contributed by atoms with Crippen LogP contribution in [-0.2, 0) is 14.3 Å². The normalized spacial score (nSPS) is 11.7. The van der Waals surface area contributed by atoms with Crippen LogP contribution in [0.5, 0.6) is 5.75 Å². The highest BCUT2D eigenvalue weighted by molar-refractivity contribution is 5.78. The van der Waals surface area contributed by atoms with Gasteiger partial charge in [-0.25, -0.2) is 9.18 Å². The monoisotopic (exact) mass is 299 g/mol.